The van der Waals surface area contributed by atoms with Crippen molar-refractivity contribution in [2.75, 3.05) is 11.9 Å². The fourth-order valence-corrected chi connectivity index (χ4v) is 3.56. The van der Waals surface area contributed by atoms with Crippen molar-refractivity contribution in [3.8, 4) is 0 Å². The Bertz CT molecular complexity index is 425. The average molecular weight is 245 g/mol. The van der Waals surface area contributed by atoms with Gasteiger partial charge in [0.15, 0.2) is 0 Å². The molecule has 2 aliphatic carbocycles. The van der Waals surface area contributed by atoms with Gasteiger partial charge in [-0.15, -0.1) is 0 Å². The fraction of sp³-hybridized carbons (Fsp3) is 0.625. The summed E-state index contributed by atoms with van der Waals surface area (Å²) >= 11 is 0. The first kappa shape index (κ1) is 12.0. The summed E-state index contributed by atoms with van der Waals surface area (Å²) in [5, 5.41) is 3.75. The van der Waals surface area contributed by atoms with Gasteiger partial charge in [0.05, 0.1) is 6.10 Å². The van der Waals surface area contributed by atoms with Crippen LogP contribution in [0.3, 0.4) is 0 Å². The molecule has 2 nitrogen and oxygen atoms in total. The van der Waals surface area contributed by atoms with E-state index in [1.807, 2.05) is 0 Å². The van der Waals surface area contributed by atoms with E-state index < -0.39 is 0 Å². The topological polar surface area (TPSA) is 21.3 Å². The van der Waals surface area contributed by atoms with Crippen molar-refractivity contribution in [3.63, 3.8) is 0 Å². The van der Waals surface area contributed by atoms with Gasteiger partial charge < -0.3 is 10.1 Å². The third-order valence-electron chi connectivity index (χ3n) is 4.91. The molecule has 0 radical (unpaired) electrons. The minimum absolute atomic E-state index is 0.443. The lowest BCUT2D eigenvalue weighted by molar-refractivity contribution is -0.157. The van der Waals surface area contributed by atoms with Crippen LogP contribution in [0, 0.1) is 12.3 Å². The van der Waals surface area contributed by atoms with Crippen LogP contribution in [0.25, 0.3) is 0 Å². The molecule has 3 rings (SSSR count). The van der Waals surface area contributed by atoms with Gasteiger partial charge in [0.2, 0.25) is 0 Å². The Kier molecular flexibility index (Phi) is 3.06. The molecule has 2 atom stereocenters. The molecule has 2 fully saturated rings. The van der Waals surface area contributed by atoms with Crippen LogP contribution in [0.2, 0.25) is 0 Å². The van der Waals surface area contributed by atoms with E-state index in [2.05, 4.69) is 43.4 Å². The first-order chi connectivity index (χ1) is 8.76. The lowest BCUT2D eigenvalue weighted by atomic mass is 9.51. The molecule has 18 heavy (non-hydrogen) atoms. The molecule has 1 aromatic rings. The zero-order valence-electron chi connectivity index (χ0n) is 11.4. The van der Waals surface area contributed by atoms with Gasteiger partial charge >= 0.3 is 0 Å². The van der Waals surface area contributed by atoms with Crippen molar-refractivity contribution >= 4 is 5.69 Å². The highest BCUT2D eigenvalue weighted by Gasteiger charge is 2.58. The quantitative estimate of drug-likeness (QED) is 0.872. The van der Waals surface area contributed by atoms with Gasteiger partial charge in [-0.2, -0.15) is 0 Å². The number of nitrogens with one attached hydrogen (secondary N) is 1. The summed E-state index contributed by atoms with van der Waals surface area (Å²) in [6.45, 7) is 5.13. The Hall–Kier alpha value is -1.02. The summed E-state index contributed by atoms with van der Waals surface area (Å²) in [4.78, 5) is 0. The van der Waals surface area contributed by atoms with Crippen molar-refractivity contribution in [1.29, 1.82) is 0 Å². The summed E-state index contributed by atoms with van der Waals surface area (Å²) in [6, 6.07) is 9.19. The molecule has 0 aromatic heterocycles. The molecule has 0 bridgehead atoms. The highest BCUT2D eigenvalue weighted by molar-refractivity contribution is 5.52. The lowest BCUT2D eigenvalue weighted by Crippen LogP contribution is -2.64. The summed E-state index contributed by atoms with van der Waals surface area (Å²) in [6.07, 6.45) is 5.71. The average Bonchev–Trinajstić information content (AvgIpc) is 2.28. The van der Waals surface area contributed by atoms with E-state index in [1.54, 1.807) is 0 Å². The third kappa shape index (κ3) is 1.74. The number of hydrogen-bond donors (Lipinski definition) is 1. The van der Waals surface area contributed by atoms with Gasteiger partial charge in [-0.25, -0.2) is 0 Å². The van der Waals surface area contributed by atoms with E-state index in [0.717, 1.165) is 6.61 Å². The van der Waals surface area contributed by atoms with Crippen LogP contribution in [-0.4, -0.2) is 18.8 Å². The van der Waals surface area contributed by atoms with Gasteiger partial charge in [-0.3, -0.25) is 0 Å². The molecule has 2 unspecified atom stereocenters. The van der Waals surface area contributed by atoms with Gasteiger partial charge in [-0.1, -0.05) is 24.6 Å². The second-order valence-electron chi connectivity index (χ2n) is 5.78. The predicted octanol–water partition coefficient (Wildman–Crippen LogP) is 3.75. The Morgan fingerprint density at radius 2 is 2.11 bits per heavy atom. The van der Waals surface area contributed by atoms with E-state index >= 15 is 0 Å². The van der Waals surface area contributed by atoms with Crippen molar-refractivity contribution in [2.45, 2.75) is 51.7 Å². The Labute approximate surface area is 110 Å². The number of para-hydroxylation sites is 1. The van der Waals surface area contributed by atoms with E-state index in [9.17, 15) is 0 Å². The van der Waals surface area contributed by atoms with Gasteiger partial charge in [0.25, 0.3) is 0 Å². The highest BCUT2D eigenvalue weighted by atomic mass is 16.5. The molecule has 2 saturated carbocycles. The molecule has 98 valence electrons. The highest BCUT2D eigenvalue weighted by Crippen LogP contribution is 2.58. The van der Waals surface area contributed by atoms with Crippen LogP contribution in [0.4, 0.5) is 5.69 Å². The first-order valence-corrected chi connectivity index (χ1v) is 7.20. The van der Waals surface area contributed by atoms with Crippen LogP contribution >= 0.6 is 0 Å². The lowest BCUT2D eigenvalue weighted by Gasteiger charge is -2.61. The first-order valence-electron chi connectivity index (χ1n) is 7.20. The van der Waals surface area contributed by atoms with E-state index in [1.165, 1.54) is 36.9 Å². The van der Waals surface area contributed by atoms with Crippen LogP contribution in [0.5, 0.6) is 0 Å². The summed E-state index contributed by atoms with van der Waals surface area (Å²) in [7, 11) is 0. The maximum atomic E-state index is 5.89. The molecule has 0 saturated heterocycles. The number of benzene rings is 1. The van der Waals surface area contributed by atoms with Crippen molar-refractivity contribution < 1.29 is 4.74 Å². The molecule has 1 spiro atoms. The minimum atomic E-state index is 0.443. The molecule has 0 heterocycles. The van der Waals surface area contributed by atoms with Gasteiger partial charge in [0.1, 0.15) is 0 Å². The zero-order valence-corrected chi connectivity index (χ0v) is 11.4. The van der Waals surface area contributed by atoms with Crippen LogP contribution < -0.4 is 5.32 Å². The normalized spacial score (nSPS) is 28.6. The van der Waals surface area contributed by atoms with Gasteiger partial charge in [-0.05, 0) is 44.7 Å². The predicted molar refractivity (Wildman–Crippen MR) is 74.9 cm³/mol. The molecular weight excluding hydrogens is 222 g/mol. The second-order valence-corrected chi connectivity index (χ2v) is 5.78. The largest absolute Gasteiger partial charge is 0.381 e. The molecular formula is C16H23NO. The SMILES string of the molecule is CCOC1CC(Nc2ccccc2C)C12CCC2. The Morgan fingerprint density at radius 3 is 2.72 bits per heavy atom. The van der Waals surface area contributed by atoms with Crippen LogP contribution in [0.1, 0.15) is 38.2 Å². The molecule has 2 heteroatoms. The smallest absolute Gasteiger partial charge is 0.0670 e. The van der Waals surface area contributed by atoms with Crippen molar-refractivity contribution in [3.05, 3.63) is 29.8 Å². The number of rotatable bonds is 4. The van der Waals surface area contributed by atoms with Crippen LogP contribution in [-0.2, 0) is 4.74 Å². The maximum Gasteiger partial charge on any atom is 0.0670 e. The molecule has 0 aliphatic heterocycles. The Morgan fingerprint density at radius 1 is 1.33 bits per heavy atom. The molecule has 2 aliphatic rings. The zero-order chi connectivity index (χ0) is 12.6. The number of aryl methyl sites for hydroxylation is 1. The molecule has 1 aromatic carbocycles. The minimum Gasteiger partial charge on any atom is -0.381 e. The van der Waals surface area contributed by atoms with E-state index in [4.69, 9.17) is 4.74 Å². The molecule has 0 amide bonds. The van der Waals surface area contributed by atoms with E-state index in [-0.39, 0.29) is 0 Å². The van der Waals surface area contributed by atoms with Gasteiger partial charge in [0, 0.05) is 23.8 Å². The number of anilines is 1. The van der Waals surface area contributed by atoms with Crippen LogP contribution in [0.15, 0.2) is 24.3 Å². The number of hydrogen-bond acceptors (Lipinski definition) is 2. The standard InChI is InChI=1S/C16H23NO/c1-3-18-15-11-14(16(15)9-6-10-16)17-13-8-5-4-7-12(13)2/h4-5,7-8,14-15,17H,3,6,9-11H2,1-2H3. The summed E-state index contributed by atoms with van der Waals surface area (Å²) in [5.74, 6) is 0. The number of ether oxygens (including phenoxy) is 1. The maximum absolute atomic E-state index is 5.89. The monoisotopic (exact) mass is 245 g/mol. The third-order valence-corrected chi connectivity index (χ3v) is 4.91. The van der Waals surface area contributed by atoms with Crippen molar-refractivity contribution in [1.82, 2.24) is 0 Å². The summed E-state index contributed by atoms with van der Waals surface area (Å²) in [5.41, 5.74) is 3.08. The molecule has 1 N–H and O–H groups in total. The summed E-state index contributed by atoms with van der Waals surface area (Å²) < 4.78 is 5.89. The van der Waals surface area contributed by atoms with E-state index in [0.29, 0.717) is 17.6 Å². The fourth-order valence-electron chi connectivity index (χ4n) is 3.56. The van der Waals surface area contributed by atoms with Crippen molar-refractivity contribution in [2.24, 2.45) is 5.41 Å². The Balaban J connectivity index is 1.70. The second kappa shape index (κ2) is 4.58.